The molecule has 2 heterocycles. The molecular weight excluding hydrogens is 344 g/mol. The summed E-state index contributed by atoms with van der Waals surface area (Å²) in [7, 11) is 0. The molecule has 0 aliphatic rings. The molecule has 0 unspecified atom stereocenters. The molecule has 1 N–H and O–H groups in total. The second kappa shape index (κ2) is 6.50. The molecule has 1 atom stereocenters. The predicted octanol–water partition coefficient (Wildman–Crippen LogP) is 5.98. The molecule has 2 aromatic heterocycles. The van der Waals surface area contributed by atoms with E-state index in [9.17, 15) is 5.11 Å². The molecule has 4 aromatic rings. The van der Waals surface area contributed by atoms with Crippen molar-refractivity contribution in [1.29, 1.82) is 0 Å². The zero-order valence-electron chi connectivity index (χ0n) is 14.6. The fraction of sp³-hybridized carbons (Fsp3) is 0.136. The van der Waals surface area contributed by atoms with E-state index in [4.69, 9.17) is 11.6 Å². The van der Waals surface area contributed by atoms with Crippen molar-refractivity contribution < 1.29 is 5.11 Å². The molecule has 0 aliphatic carbocycles. The lowest BCUT2D eigenvalue weighted by atomic mass is 10.0. The third kappa shape index (κ3) is 2.85. The number of pyridine rings is 1. The lowest BCUT2D eigenvalue weighted by molar-refractivity contribution is 0.412. The molecule has 4 heteroatoms. The van der Waals surface area contributed by atoms with Crippen LogP contribution in [0, 0.1) is 6.92 Å². The van der Waals surface area contributed by atoms with Gasteiger partial charge in [0.15, 0.2) is 5.88 Å². The van der Waals surface area contributed by atoms with Crippen LogP contribution >= 0.6 is 11.6 Å². The Balaban J connectivity index is 1.83. The summed E-state index contributed by atoms with van der Waals surface area (Å²) in [5.74, 6) is 0.290. The van der Waals surface area contributed by atoms with E-state index in [0.29, 0.717) is 5.02 Å². The molecule has 130 valence electrons. The summed E-state index contributed by atoms with van der Waals surface area (Å²) in [6, 6.07) is 15.9. The van der Waals surface area contributed by atoms with Gasteiger partial charge in [-0.25, -0.2) is 0 Å². The highest BCUT2D eigenvalue weighted by atomic mass is 35.5. The highest BCUT2D eigenvalue weighted by molar-refractivity contribution is 6.30. The first kappa shape index (κ1) is 16.7. The van der Waals surface area contributed by atoms with E-state index < -0.39 is 0 Å². The molecule has 4 rings (SSSR count). The van der Waals surface area contributed by atoms with Gasteiger partial charge in [0.05, 0.1) is 6.04 Å². The Labute approximate surface area is 157 Å². The van der Waals surface area contributed by atoms with Crippen LogP contribution in [0.2, 0.25) is 5.02 Å². The van der Waals surface area contributed by atoms with E-state index >= 15 is 0 Å². The molecule has 26 heavy (non-hydrogen) atoms. The third-order valence-electron chi connectivity index (χ3n) is 4.88. The minimum absolute atomic E-state index is 0.000841. The minimum atomic E-state index is 0.000841. The average Bonchev–Trinajstić information content (AvgIpc) is 2.99. The van der Waals surface area contributed by atoms with Crippen molar-refractivity contribution in [2.45, 2.75) is 19.9 Å². The first-order valence-electron chi connectivity index (χ1n) is 8.54. The van der Waals surface area contributed by atoms with E-state index in [-0.39, 0.29) is 11.9 Å². The van der Waals surface area contributed by atoms with E-state index in [1.165, 1.54) is 0 Å². The van der Waals surface area contributed by atoms with Crippen LogP contribution in [0.25, 0.3) is 21.9 Å². The summed E-state index contributed by atoms with van der Waals surface area (Å²) in [6.45, 7) is 4.10. The molecule has 3 nitrogen and oxygen atoms in total. The molecule has 0 amide bonds. The number of aromatic nitrogens is 2. The number of aromatic hydroxyl groups is 1. The van der Waals surface area contributed by atoms with E-state index in [0.717, 1.165) is 33.0 Å². The van der Waals surface area contributed by atoms with Gasteiger partial charge in [0.2, 0.25) is 0 Å². The molecule has 0 aliphatic heterocycles. The van der Waals surface area contributed by atoms with Crippen LogP contribution in [0.1, 0.15) is 24.1 Å². The van der Waals surface area contributed by atoms with Crippen molar-refractivity contribution in [2.24, 2.45) is 0 Å². The number of hydrogen-bond donors (Lipinski definition) is 1. The van der Waals surface area contributed by atoms with Crippen molar-refractivity contribution in [2.75, 3.05) is 0 Å². The molecule has 0 saturated carbocycles. The number of nitrogens with zero attached hydrogens (tertiary/aromatic N) is 2. The Morgan fingerprint density at radius 1 is 1.08 bits per heavy atom. The average molecular weight is 363 g/mol. The van der Waals surface area contributed by atoms with Crippen LogP contribution in [-0.2, 0) is 0 Å². The van der Waals surface area contributed by atoms with Gasteiger partial charge in [-0.05, 0) is 54.8 Å². The Bertz CT molecular complexity index is 1070. The number of fused-ring (bicyclic) bond motifs is 1. The van der Waals surface area contributed by atoms with Gasteiger partial charge in [-0.15, -0.1) is 0 Å². The highest BCUT2D eigenvalue weighted by Crippen LogP contribution is 2.37. The van der Waals surface area contributed by atoms with Gasteiger partial charge in [-0.1, -0.05) is 35.9 Å². The Hall–Kier alpha value is -2.78. The van der Waals surface area contributed by atoms with Crippen LogP contribution in [0.4, 0.5) is 0 Å². The fourth-order valence-corrected chi connectivity index (χ4v) is 3.59. The van der Waals surface area contributed by atoms with Crippen LogP contribution in [0.15, 0.2) is 67.1 Å². The van der Waals surface area contributed by atoms with Gasteiger partial charge in [0, 0.05) is 39.9 Å². The maximum atomic E-state index is 10.8. The minimum Gasteiger partial charge on any atom is -0.494 e. The highest BCUT2D eigenvalue weighted by Gasteiger charge is 2.17. The Morgan fingerprint density at radius 2 is 1.85 bits per heavy atom. The Morgan fingerprint density at radius 3 is 2.54 bits per heavy atom. The largest absolute Gasteiger partial charge is 0.494 e. The first-order valence-corrected chi connectivity index (χ1v) is 8.92. The summed E-state index contributed by atoms with van der Waals surface area (Å²) < 4.78 is 1.91. The van der Waals surface area contributed by atoms with Gasteiger partial charge in [-0.3, -0.25) is 4.98 Å². The van der Waals surface area contributed by atoms with Crippen molar-refractivity contribution in [3.8, 4) is 17.0 Å². The molecular formula is C22H19ClN2O. The van der Waals surface area contributed by atoms with Crippen LogP contribution in [0.3, 0.4) is 0 Å². The van der Waals surface area contributed by atoms with E-state index in [1.807, 2.05) is 60.3 Å². The molecule has 0 bridgehead atoms. The van der Waals surface area contributed by atoms with Crippen LogP contribution in [-0.4, -0.2) is 14.7 Å². The lowest BCUT2D eigenvalue weighted by Gasteiger charge is -2.15. The lowest BCUT2D eigenvalue weighted by Crippen LogP contribution is -2.04. The maximum absolute atomic E-state index is 10.8. The SMILES string of the molecule is Cc1cc(-c2cccnc2)cc2cn([C@@H](C)c3ccc(Cl)cc3)c(O)c12. The summed E-state index contributed by atoms with van der Waals surface area (Å²) in [6.07, 6.45) is 5.63. The van der Waals surface area contributed by atoms with Crippen LogP contribution in [0.5, 0.6) is 5.88 Å². The standard InChI is InChI=1S/C22H19ClN2O/c1-14-10-18(17-4-3-9-24-12-17)11-19-13-25(22(26)21(14)19)15(2)16-5-7-20(23)8-6-16/h3-13,15,26H,1-2H3/t15-/m0/s1. The van der Waals surface area contributed by atoms with Crippen molar-refractivity contribution in [1.82, 2.24) is 9.55 Å². The van der Waals surface area contributed by atoms with Crippen molar-refractivity contribution in [3.63, 3.8) is 0 Å². The van der Waals surface area contributed by atoms with Gasteiger partial charge in [0.1, 0.15) is 0 Å². The van der Waals surface area contributed by atoms with Gasteiger partial charge < -0.3 is 9.67 Å². The van der Waals surface area contributed by atoms with Crippen molar-refractivity contribution in [3.05, 3.63) is 83.3 Å². The second-order valence-corrected chi connectivity index (χ2v) is 7.02. The van der Waals surface area contributed by atoms with Gasteiger partial charge in [-0.2, -0.15) is 0 Å². The number of rotatable bonds is 3. The summed E-state index contributed by atoms with van der Waals surface area (Å²) in [4.78, 5) is 4.20. The molecule has 0 fully saturated rings. The Kier molecular flexibility index (Phi) is 4.17. The summed E-state index contributed by atoms with van der Waals surface area (Å²) in [5, 5.41) is 13.5. The van der Waals surface area contributed by atoms with E-state index in [2.05, 4.69) is 24.0 Å². The molecule has 2 aromatic carbocycles. The van der Waals surface area contributed by atoms with Gasteiger partial charge >= 0.3 is 0 Å². The number of halogens is 1. The number of aryl methyl sites for hydroxylation is 1. The normalized spacial score (nSPS) is 12.4. The monoisotopic (exact) mass is 362 g/mol. The molecule has 0 saturated heterocycles. The smallest absolute Gasteiger partial charge is 0.199 e. The summed E-state index contributed by atoms with van der Waals surface area (Å²) in [5.41, 5.74) is 4.30. The predicted molar refractivity (Wildman–Crippen MR) is 107 cm³/mol. The van der Waals surface area contributed by atoms with Gasteiger partial charge in [0.25, 0.3) is 0 Å². The third-order valence-corrected chi connectivity index (χ3v) is 5.13. The zero-order valence-corrected chi connectivity index (χ0v) is 15.4. The molecule has 0 radical (unpaired) electrons. The summed E-state index contributed by atoms with van der Waals surface area (Å²) >= 11 is 5.99. The number of benzene rings is 2. The van der Waals surface area contributed by atoms with Crippen LogP contribution < -0.4 is 0 Å². The zero-order chi connectivity index (χ0) is 18.3. The first-order chi connectivity index (χ1) is 12.5. The quantitative estimate of drug-likeness (QED) is 0.486. The van der Waals surface area contributed by atoms with Crippen molar-refractivity contribution >= 4 is 22.4 Å². The van der Waals surface area contributed by atoms with E-state index in [1.54, 1.807) is 6.20 Å². The second-order valence-electron chi connectivity index (χ2n) is 6.59. The number of hydrogen-bond acceptors (Lipinski definition) is 2. The fourth-order valence-electron chi connectivity index (χ4n) is 3.46. The topological polar surface area (TPSA) is 38.0 Å². The maximum Gasteiger partial charge on any atom is 0.199 e. The molecule has 0 spiro atoms.